The first kappa shape index (κ1) is 34.4. The van der Waals surface area contributed by atoms with Gasteiger partial charge in [-0.05, 0) is 94.1 Å². The number of aryl methyl sites for hydroxylation is 2. The van der Waals surface area contributed by atoms with E-state index in [1.54, 1.807) is 19.1 Å². The van der Waals surface area contributed by atoms with Gasteiger partial charge in [-0.25, -0.2) is 12.8 Å². The zero-order valence-electron chi connectivity index (χ0n) is 26.6. The second-order valence-corrected chi connectivity index (χ2v) is 13.5. The number of nitrogens with one attached hydrogen (secondary N) is 1. The summed E-state index contributed by atoms with van der Waals surface area (Å²) >= 11 is 0. The molecule has 0 spiro atoms. The van der Waals surface area contributed by atoms with Crippen molar-refractivity contribution >= 4 is 27.5 Å². The molecule has 0 bridgehead atoms. The molecule has 3 aromatic carbocycles. The molecule has 0 aliphatic heterocycles. The number of sulfonamides is 1. The zero-order chi connectivity index (χ0) is 32.8. The number of hydrogen-bond donors (Lipinski definition) is 1. The Morgan fingerprint density at radius 3 is 2.02 bits per heavy atom. The topological polar surface area (TPSA) is 105 Å². The Morgan fingerprint density at radius 1 is 0.909 bits per heavy atom. The number of ether oxygens (including phenoxy) is 2. The van der Waals surface area contributed by atoms with Gasteiger partial charge in [0.15, 0.2) is 11.5 Å². The van der Waals surface area contributed by atoms with Gasteiger partial charge in [-0.3, -0.25) is 13.9 Å². The van der Waals surface area contributed by atoms with Crippen molar-refractivity contribution < 1.29 is 31.9 Å². The Hall–Kier alpha value is -4.12. The molecule has 0 aliphatic rings. The third kappa shape index (κ3) is 8.49. The molecule has 44 heavy (non-hydrogen) atoms. The van der Waals surface area contributed by atoms with Crippen LogP contribution in [0.25, 0.3) is 0 Å². The predicted molar refractivity (Wildman–Crippen MR) is 169 cm³/mol. The van der Waals surface area contributed by atoms with Crippen molar-refractivity contribution in [2.45, 2.75) is 71.0 Å². The highest BCUT2D eigenvalue weighted by molar-refractivity contribution is 7.92. The van der Waals surface area contributed by atoms with Gasteiger partial charge < -0.3 is 19.7 Å². The van der Waals surface area contributed by atoms with Crippen LogP contribution in [0.2, 0.25) is 0 Å². The minimum Gasteiger partial charge on any atom is -0.493 e. The largest absolute Gasteiger partial charge is 0.493 e. The van der Waals surface area contributed by atoms with E-state index >= 15 is 0 Å². The van der Waals surface area contributed by atoms with Gasteiger partial charge in [0.1, 0.15) is 18.4 Å². The first-order valence-electron chi connectivity index (χ1n) is 14.3. The van der Waals surface area contributed by atoms with E-state index < -0.39 is 39.9 Å². The summed E-state index contributed by atoms with van der Waals surface area (Å²) in [4.78, 5) is 29.0. The summed E-state index contributed by atoms with van der Waals surface area (Å²) in [5.41, 5.74) is 1.91. The highest BCUT2D eigenvalue weighted by Crippen LogP contribution is 2.33. The molecule has 3 aromatic rings. The number of methoxy groups -OCH3 is 2. The van der Waals surface area contributed by atoms with Crippen molar-refractivity contribution in [1.82, 2.24) is 10.2 Å². The van der Waals surface area contributed by atoms with Crippen LogP contribution in [-0.2, 0) is 26.2 Å². The number of carbonyl (C=O) groups excluding carboxylic acids is 2. The molecule has 0 aliphatic carbocycles. The van der Waals surface area contributed by atoms with E-state index in [1.807, 2.05) is 40.7 Å². The van der Waals surface area contributed by atoms with Crippen molar-refractivity contribution in [3.8, 4) is 11.5 Å². The summed E-state index contributed by atoms with van der Waals surface area (Å²) in [5, 5.41) is 2.93. The van der Waals surface area contributed by atoms with Gasteiger partial charge in [-0.15, -0.1) is 0 Å². The van der Waals surface area contributed by atoms with Crippen molar-refractivity contribution in [1.29, 1.82) is 0 Å². The highest BCUT2D eigenvalue weighted by Gasteiger charge is 2.35. The van der Waals surface area contributed by atoms with Gasteiger partial charge in [-0.2, -0.15) is 0 Å². The van der Waals surface area contributed by atoms with Crippen LogP contribution in [-0.4, -0.2) is 57.5 Å². The summed E-state index contributed by atoms with van der Waals surface area (Å²) in [6, 6.07) is 14.2. The molecule has 2 amide bonds. The summed E-state index contributed by atoms with van der Waals surface area (Å²) in [5.74, 6) is -0.861. The number of benzene rings is 3. The van der Waals surface area contributed by atoms with Crippen LogP contribution in [0.5, 0.6) is 11.5 Å². The van der Waals surface area contributed by atoms with Crippen LogP contribution in [0.1, 0.15) is 50.8 Å². The average Bonchev–Trinajstić information content (AvgIpc) is 2.94. The molecule has 3 rings (SSSR count). The van der Waals surface area contributed by atoms with Gasteiger partial charge in [0.05, 0.1) is 24.8 Å². The molecule has 1 N–H and O–H groups in total. The van der Waals surface area contributed by atoms with Crippen LogP contribution < -0.4 is 19.1 Å². The van der Waals surface area contributed by atoms with Gasteiger partial charge in [-0.1, -0.05) is 25.1 Å². The van der Waals surface area contributed by atoms with Crippen LogP contribution in [0, 0.1) is 19.7 Å². The van der Waals surface area contributed by atoms with Gasteiger partial charge >= 0.3 is 0 Å². The molecule has 0 radical (unpaired) electrons. The van der Waals surface area contributed by atoms with E-state index in [0.29, 0.717) is 17.0 Å². The number of anilines is 1. The Labute approximate surface area is 260 Å². The zero-order valence-corrected chi connectivity index (χ0v) is 27.4. The Balaban J connectivity index is 2.14. The molecule has 0 saturated heterocycles. The van der Waals surface area contributed by atoms with Crippen LogP contribution in [0.4, 0.5) is 10.1 Å². The normalized spacial score (nSPS) is 12.3. The van der Waals surface area contributed by atoms with Gasteiger partial charge in [0.2, 0.25) is 11.8 Å². The second kappa shape index (κ2) is 14.1. The molecule has 0 heterocycles. The maximum Gasteiger partial charge on any atom is 0.264 e. The third-order valence-electron chi connectivity index (χ3n) is 6.87. The van der Waals surface area contributed by atoms with E-state index in [2.05, 4.69) is 5.32 Å². The fourth-order valence-electron chi connectivity index (χ4n) is 4.89. The van der Waals surface area contributed by atoms with Crippen LogP contribution >= 0.6 is 0 Å². The number of halogens is 1. The molecule has 0 saturated carbocycles. The minimum absolute atomic E-state index is 0.0354. The summed E-state index contributed by atoms with van der Waals surface area (Å²) in [6.07, 6.45) is 0.265. The lowest BCUT2D eigenvalue weighted by Gasteiger charge is -2.35. The number of carbonyl (C=O) groups is 2. The molecule has 1 atom stereocenters. The maximum atomic E-state index is 14.3. The Kier molecular flexibility index (Phi) is 11.0. The molecule has 11 heteroatoms. The number of amides is 2. The first-order valence-corrected chi connectivity index (χ1v) is 15.7. The predicted octanol–water partition coefficient (Wildman–Crippen LogP) is 5.38. The van der Waals surface area contributed by atoms with Crippen LogP contribution in [0.3, 0.4) is 0 Å². The summed E-state index contributed by atoms with van der Waals surface area (Å²) in [7, 11) is -1.48. The van der Waals surface area contributed by atoms with E-state index in [4.69, 9.17) is 9.47 Å². The van der Waals surface area contributed by atoms with E-state index in [9.17, 15) is 22.4 Å². The Morgan fingerprint density at radius 2 is 1.50 bits per heavy atom. The van der Waals surface area contributed by atoms with Crippen molar-refractivity contribution in [3.63, 3.8) is 0 Å². The van der Waals surface area contributed by atoms with E-state index in [0.717, 1.165) is 15.4 Å². The molecular formula is C33H42FN3O6S. The fraction of sp³-hybridized carbons (Fsp3) is 0.394. The SMILES string of the molecule is CC[C@@H](C(=O)NC(C)(C)C)N(Cc1ccc(F)cc1)C(=O)CN(c1cc(C)cc(C)c1)S(=O)(=O)c1ccc(OC)c(OC)c1. The van der Waals surface area contributed by atoms with Crippen LogP contribution in [0.15, 0.2) is 65.6 Å². The lowest BCUT2D eigenvalue weighted by atomic mass is 10.1. The summed E-state index contributed by atoms with van der Waals surface area (Å²) in [6.45, 7) is 10.3. The number of nitrogens with zero attached hydrogens (tertiary/aromatic N) is 2. The first-order chi connectivity index (χ1) is 20.6. The monoisotopic (exact) mass is 627 g/mol. The van der Waals surface area contributed by atoms with Crippen molar-refractivity contribution in [3.05, 3.63) is 83.2 Å². The van der Waals surface area contributed by atoms with E-state index in [-0.39, 0.29) is 29.5 Å². The highest BCUT2D eigenvalue weighted by atomic mass is 32.2. The molecule has 0 unspecified atom stereocenters. The lowest BCUT2D eigenvalue weighted by Crippen LogP contribution is -2.55. The average molecular weight is 628 g/mol. The standard InChI is InChI=1S/C33H42FN3O6S/c1-9-28(32(39)35-33(4,5)6)36(20-24-10-12-25(34)13-11-24)31(38)21-37(26-17-22(2)16-23(3)18-26)44(40,41)27-14-15-29(42-7)30(19-27)43-8/h10-19,28H,9,20-21H2,1-8H3,(H,35,39)/t28-/m0/s1. The Bertz CT molecular complexity index is 1570. The lowest BCUT2D eigenvalue weighted by molar-refractivity contribution is -0.141. The maximum absolute atomic E-state index is 14.3. The van der Waals surface area contributed by atoms with Crippen molar-refractivity contribution in [2.24, 2.45) is 0 Å². The molecular weight excluding hydrogens is 585 g/mol. The molecule has 0 fully saturated rings. The van der Waals surface area contributed by atoms with Gasteiger partial charge in [0, 0.05) is 18.2 Å². The molecule has 238 valence electrons. The number of rotatable bonds is 12. The summed E-state index contributed by atoms with van der Waals surface area (Å²) < 4.78 is 53.9. The van der Waals surface area contributed by atoms with E-state index in [1.165, 1.54) is 61.6 Å². The van der Waals surface area contributed by atoms with Crippen molar-refractivity contribution in [2.75, 3.05) is 25.1 Å². The van der Waals surface area contributed by atoms with Gasteiger partial charge in [0.25, 0.3) is 10.0 Å². The quantitative estimate of drug-likeness (QED) is 0.289. The smallest absolute Gasteiger partial charge is 0.264 e. The molecule has 9 nitrogen and oxygen atoms in total. The second-order valence-electron chi connectivity index (χ2n) is 11.7. The minimum atomic E-state index is -4.33. The number of hydrogen-bond acceptors (Lipinski definition) is 6. The third-order valence-corrected chi connectivity index (χ3v) is 8.64. The molecule has 0 aromatic heterocycles. The fourth-order valence-corrected chi connectivity index (χ4v) is 6.30.